The highest BCUT2D eigenvalue weighted by atomic mass is 32.1. The number of hydrogen-bond donors (Lipinski definition) is 2. The van der Waals surface area contributed by atoms with E-state index >= 15 is 0 Å². The van der Waals surface area contributed by atoms with E-state index < -0.39 is 5.91 Å². The van der Waals surface area contributed by atoms with Gasteiger partial charge in [0, 0.05) is 5.56 Å². The fraction of sp³-hybridized carbons (Fsp3) is 0.0909. The Balaban J connectivity index is 2.30. The first-order valence-electron chi connectivity index (χ1n) is 4.58. The summed E-state index contributed by atoms with van der Waals surface area (Å²) in [6.45, 7) is 0. The molecule has 0 saturated heterocycles. The molecule has 0 aliphatic carbocycles. The van der Waals surface area contributed by atoms with E-state index in [2.05, 4.69) is 16.8 Å². The van der Waals surface area contributed by atoms with Crippen molar-refractivity contribution < 1.29 is 4.79 Å². The topological polar surface area (TPSA) is 82.0 Å². The standard InChI is InChI=1S/C11H9N3OS/c12-10(15)3-1-2-7-4-5-8-9(6-7)16-11(13)14-8/h4-6H,3H2,(H2,12,15)(H2,13,14). The number of anilines is 1. The van der Waals surface area contributed by atoms with E-state index in [-0.39, 0.29) is 6.42 Å². The van der Waals surface area contributed by atoms with Crippen molar-refractivity contribution in [2.75, 3.05) is 5.73 Å². The highest BCUT2D eigenvalue weighted by Gasteiger charge is 2.00. The van der Waals surface area contributed by atoms with Crippen LogP contribution in [0.25, 0.3) is 10.2 Å². The van der Waals surface area contributed by atoms with Crippen LogP contribution in [0.3, 0.4) is 0 Å². The largest absolute Gasteiger partial charge is 0.375 e. The molecule has 1 amide bonds. The van der Waals surface area contributed by atoms with Crippen molar-refractivity contribution in [2.45, 2.75) is 6.42 Å². The molecule has 1 aromatic heterocycles. The van der Waals surface area contributed by atoms with Crippen molar-refractivity contribution in [3.05, 3.63) is 23.8 Å². The van der Waals surface area contributed by atoms with E-state index in [1.54, 1.807) is 0 Å². The van der Waals surface area contributed by atoms with Crippen molar-refractivity contribution in [1.29, 1.82) is 0 Å². The summed E-state index contributed by atoms with van der Waals surface area (Å²) < 4.78 is 0.989. The molecule has 0 atom stereocenters. The molecule has 1 aromatic carbocycles. The summed E-state index contributed by atoms with van der Waals surface area (Å²) in [6.07, 6.45) is 0.0723. The number of primary amides is 1. The van der Waals surface area contributed by atoms with Crippen molar-refractivity contribution in [1.82, 2.24) is 4.98 Å². The van der Waals surface area contributed by atoms with E-state index in [1.165, 1.54) is 11.3 Å². The molecule has 4 N–H and O–H groups in total. The van der Waals surface area contributed by atoms with Crippen LogP contribution in [0, 0.1) is 11.8 Å². The van der Waals surface area contributed by atoms with Crippen LogP contribution in [-0.4, -0.2) is 10.9 Å². The van der Waals surface area contributed by atoms with E-state index in [4.69, 9.17) is 11.5 Å². The van der Waals surface area contributed by atoms with Crippen LogP contribution in [0.1, 0.15) is 12.0 Å². The van der Waals surface area contributed by atoms with Gasteiger partial charge < -0.3 is 11.5 Å². The number of carbonyl (C=O) groups excluding carboxylic acids is 1. The first-order chi connectivity index (χ1) is 7.65. The third kappa shape index (κ3) is 2.30. The van der Waals surface area contributed by atoms with Crippen molar-refractivity contribution in [3.8, 4) is 11.8 Å². The van der Waals surface area contributed by atoms with Crippen LogP contribution < -0.4 is 11.5 Å². The summed E-state index contributed by atoms with van der Waals surface area (Å²) in [5, 5.41) is 0.539. The minimum Gasteiger partial charge on any atom is -0.375 e. The Kier molecular flexibility index (Phi) is 2.75. The Morgan fingerprint density at radius 1 is 1.50 bits per heavy atom. The number of benzene rings is 1. The number of carbonyl (C=O) groups is 1. The van der Waals surface area contributed by atoms with Gasteiger partial charge in [-0.15, -0.1) is 0 Å². The number of nitrogens with zero attached hydrogens (tertiary/aromatic N) is 1. The van der Waals surface area contributed by atoms with Gasteiger partial charge in [0.25, 0.3) is 0 Å². The molecule has 16 heavy (non-hydrogen) atoms. The lowest BCUT2D eigenvalue weighted by Crippen LogP contribution is -2.08. The Bertz CT molecular complexity index is 606. The summed E-state index contributed by atoms with van der Waals surface area (Å²) in [7, 11) is 0. The van der Waals surface area contributed by atoms with Crippen LogP contribution >= 0.6 is 11.3 Å². The van der Waals surface area contributed by atoms with Gasteiger partial charge in [0.1, 0.15) is 0 Å². The molecule has 0 unspecified atom stereocenters. The zero-order valence-electron chi connectivity index (χ0n) is 8.36. The normalized spacial score (nSPS) is 9.75. The van der Waals surface area contributed by atoms with Gasteiger partial charge in [0.05, 0.1) is 16.6 Å². The van der Waals surface area contributed by atoms with Gasteiger partial charge in [0.2, 0.25) is 5.91 Å². The lowest BCUT2D eigenvalue weighted by Gasteiger charge is -1.89. The molecule has 0 aliphatic rings. The fourth-order valence-corrected chi connectivity index (χ4v) is 2.03. The molecule has 1 heterocycles. The van der Waals surface area contributed by atoms with Gasteiger partial charge in [-0.1, -0.05) is 23.2 Å². The summed E-state index contributed by atoms with van der Waals surface area (Å²) in [5.74, 6) is 5.14. The van der Waals surface area contributed by atoms with Gasteiger partial charge in [0.15, 0.2) is 5.13 Å². The molecule has 0 spiro atoms. The number of hydrogen-bond acceptors (Lipinski definition) is 4. The molecular formula is C11H9N3OS. The molecular weight excluding hydrogens is 222 g/mol. The first-order valence-corrected chi connectivity index (χ1v) is 5.40. The van der Waals surface area contributed by atoms with E-state index in [0.717, 1.165) is 15.8 Å². The third-order valence-corrected chi connectivity index (χ3v) is 2.75. The molecule has 5 heteroatoms. The molecule has 0 saturated carbocycles. The predicted octanol–water partition coefficient (Wildman–Crippen LogP) is 1.11. The predicted molar refractivity (Wildman–Crippen MR) is 64.7 cm³/mol. The maximum absolute atomic E-state index is 10.5. The van der Waals surface area contributed by atoms with Gasteiger partial charge in [-0.05, 0) is 18.2 Å². The monoisotopic (exact) mass is 231 g/mol. The van der Waals surface area contributed by atoms with Crippen LogP contribution in [0.15, 0.2) is 18.2 Å². The smallest absolute Gasteiger partial charge is 0.229 e. The van der Waals surface area contributed by atoms with Gasteiger partial charge in [-0.3, -0.25) is 4.79 Å². The number of nitrogen functional groups attached to an aromatic ring is 1. The second-order valence-corrected chi connectivity index (χ2v) is 4.24. The van der Waals surface area contributed by atoms with Crippen molar-refractivity contribution in [3.63, 3.8) is 0 Å². The molecule has 4 nitrogen and oxygen atoms in total. The summed E-state index contributed by atoms with van der Waals surface area (Å²) in [6, 6.07) is 5.60. The summed E-state index contributed by atoms with van der Waals surface area (Å²) >= 11 is 1.41. The molecule has 0 bridgehead atoms. The molecule has 80 valence electrons. The SMILES string of the molecule is NC(=O)CC#Cc1ccc2nc(N)sc2c1. The van der Waals surface area contributed by atoms with E-state index in [9.17, 15) is 4.79 Å². The summed E-state index contributed by atoms with van der Waals surface area (Å²) in [4.78, 5) is 14.6. The maximum atomic E-state index is 10.5. The minimum atomic E-state index is -0.421. The Morgan fingerprint density at radius 2 is 2.31 bits per heavy atom. The highest BCUT2D eigenvalue weighted by Crippen LogP contribution is 2.24. The molecule has 2 rings (SSSR count). The molecule has 0 aliphatic heterocycles. The van der Waals surface area contributed by atoms with Crippen LogP contribution in [0.2, 0.25) is 0 Å². The van der Waals surface area contributed by atoms with Crippen LogP contribution in [0.4, 0.5) is 5.13 Å². The fourth-order valence-electron chi connectivity index (χ4n) is 1.25. The van der Waals surface area contributed by atoms with Gasteiger partial charge in [-0.2, -0.15) is 0 Å². The zero-order chi connectivity index (χ0) is 11.5. The summed E-state index contributed by atoms with van der Waals surface area (Å²) in [5.41, 5.74) is 12.3. The maximum Gasteiger partial charge on any atom is 0.229 e. The van der Waals surface area contributed by atoms with Crippen molar-refractivity contribution in [2.24, 2.45) is 5.73 Å². The average molecular weight is 231 g/mol. The van der Waals surface area contributed by atoms with E-state index in [1.807, 2.05) is 18.2 Å². The Hall–Kier alpha value is -2.06. The number of fused-ring (bicyclic) bond motifs is 1. The molecule has 0 radical (unpaired) electrons. The zero-order valence-corrected chi connectivity index (χ0v) is 9.17. The number of thiazole rings is 1. The molecule has 2 aromatic rings. The van der Waals surface area contributed by atoms with Crippen LogP contribution in [-0.2, 0) is 4.79 Å². The van der Waals surface area contributed by atoms with Crippen LogP contribution in [0.5, 0.6) is 0 Å². The number of nitrogens with two attached hydrogens (primary N) is 2. The second-order valence-electron chi connectivity index (χ2n) is 3.18. The number of rotatable bonds is 1. The minimum absolute atomic E-state index is 0.0723. The van der Waals surface area contributed by atoms with E-state index in [0.29, 0.717) is 5.13 Å². The molecule has 0 fully saturated rings. The first kappa shape index (κ1) is 10.5. The van der Waals surface area contributed by atoms with Gasteiger partial charge in [-0.25, -0.2) is 4.98 Å². The highest BCUT2D eigenvalue weighted by molar-refractivity contribution is 7.22. The Labute approximate surface area is 96.3 Å². The van der Waals surface area contributed by atoms with Crippen molar-refractivity contribution >= 4 is 32.6 Å². The lowest BCUT2D eigenvalue weighted by molar-refractivity contribution is -0.117. The lowest BCUT2D eigenvalue weighted by atomic mass is 10.2. The van der Waals surface area contributed by atoms with Gasteiger partial charge >= 0.3 is 0 Å². The second kappa shape index (κ2) is 4.21. The number of amides is 1. The Morgan fingerprint density at radius 3 is 3.06 bits per heavy atom. The number of aromatic nitrogens is 1. The quantitative estimate of drug-likeness (QED) is 0.721. The third-order valence-electron chi connectivity index (χ3n) is 1.90. The average Bonchev–Trinajstić information content (AvgIpc) is 2.56.